The molecule has 0 saturated heterocycles. The Kier molecular flexibility index (Phi) is 12.0. The summed E-state index contributed by atoms with van der Waals surface area (Å²) in [4.78, 5) is 11.8. The Morgan fingerprint density at radius 2 is 2.02 bits per heavy atom. The van der Waals surface area contributed by atoms with Crippen LogP contribution in [0.4, 0.5) is 10.2 Å². The van der Waals surface area contributed by atoms with Crippen LogP contribution in [-0.2, 0) is 17.0 Å². The first-order valence-corrected chi connectivity index (χ1v) is 14.7. The smallest absolute Gasteiger partial charge is 0.183 e. The van der Waals surface area contributed by atoms with Crippen LogP contribution in [0.2, 0.25) is 0 Å². The van der Waals surface area contributed by atoms with Crippen molar-refractivity contribution >= 4 is 17.9 Å². The molecule has 0 bridgehead atoms. The number of anilines is 1. The molecule has 40 heavy (non-hydrogen) atoms. The SMILES string of the molecule is Cc1ccccc1SOC(O)[C@@H](N)CCN(CCCCc1ccc2c(n1)NCCC2)CCOc1cncc(F)c1. The number of halogens is 1. The van der Waals surface area contributed by atoms with Crippen molar-refractivity contribution in [3.63, 3.8) is 0 Å². The molecule has 10 heteroatoms. The van der Waals surface area contributed by atoms with Gasteiger partial charge >= 0.3 is 0 Å². The largest absolute Gasteiger partial charge is 0.491 e. The molecule has 0 amide bonds. The lowest BCUT2D eigenvalue weighted by Crippen LogP contribution is -2.40. The summed E-state index contributed by atoms with van der Waals surface area (Å²) in [6, 6.07) is 13.0. The second kappa shape index (κ2) is 15.9. The zero-order valence-electron chi connectivity index (χ0n) is 23.1. The van der Waals surface area contributed by atoms with Crippen LogP contribution >= 0.6 is 12.0 Å². The zero-order chi connectivity index (χ0) is 28.2. The summed E-state index contributed by atoms with van der Waals surface area (Å²) in [6.07, 6.45) is 7.25. The van der Waals surface area contributed by atoms with Gasteiger partial charge in [-0.1, -0.05) is 24.3 Å². The van der Waals surface area contributed by atoms with E-state index >= 15 is 0 Å². The van der Waals surface area contributed by atoms with E-state index in [0.29, 0.717) is 31.9 Å². The number of ether oxygens (including phenoxy) is 1. The molecule has 4 rings (SSSR count). The van der Waals surface area contributed by atoms with Crippen molar-refractivity contribution in [3.8, 4) is 5.75 Å². The molecule has 1 aliphatic rings. The summed E-state index contributed by atoms with van der Waals surface area (Å²) in [6.45, 7) is 5.52. The van der Waals surface area contributed by atoms with Gasteiger partial charge < -0.3 is 20.9 Å². The maximum absolute atomic E-state index is 13.5. The Labute approximate surface area is 240 Å². The van der Waals surface area contributed by atoms with Crippen molar-refractivity contribution in [2.75, 3.05) is 38.1 Å². The van der Waals surface area contributed by atoms with Crippen LogP contribution < -0.4 is 15.8 Å². The van der Waals surface area contributed by atoms with E-state index in [0.717, 1.165) is 85.4 Å². The molecule has 0 saturated carbocycles. The molecule has 8 nitrogen and oxygen atoms in total. The van der Waals surface area contributed by atoms with Crippen molar-refractivity contribution in [2.24, 2.45) is 5.73 Å². The van der Waals surface area contributed by atoms with Crippen LogP contribution in [0.25, 0.3) is 0 Å². The number of hydrogen-bond donors (Lipinski definition) is 3. The van der Waals surface area contributed by atoms with Crippen LogP contribution in [0.15, 0.2) is 59.8 Å². The monoisotopic (exact) mass is 569 g/mol. The molecular formula is C30H40FN5O3S. The van der Waals surface area contributed by atoms with Gasteiger partial charge in [-0.2, -0.15) is 0 Å². The molecule has 3 aromatic rings. The first-order chi connectivity index (χ1) is 19.5. The maximum Gasteiger partial charge on any atom is 0.183 e. The summed E-state index contributed by atoms with van der Waals surface area (Å²) < 4.78 is 24.8. The molecule has 0 radical (unpaired) electrons. The van der Waals surface area contributed by atoms with Crippen molar-refractivity contribution < 1.29 is 18.4 Å². The molecule has 1 aromatic carbocycles. The Balaban J connectivity index is 1.24. The highest BCUT2D eigenvalue weighted by Gasteiger charge is 2.18. The van der Waals surface area contributed by atoms with E-state index in [1.807, 2.05) is 31.2 Å². The highest BCUT2D eigenvalue weighted by Crippen LogP contribution is 2.25. The topological polar surface area (TPSA) is 106 Å². The summed E-state index contributed by atoms with van der Waals surface area (Å²) >= 11 is 1.14. The fourth-order valence-corrected chi connectivity index (χ4v) is 5.22. The van der Waals surface area contributed by atoms with Crippen molar-refractivity contribution in [1.82, 2.24) is 14.9 Å². The van der Waals surface area contributed by atoms with Crippen molar-refractivity contribution in [2.45, 2.75) is 62.7 Å². The molecule has 0 fully saturated rings. The van der Waals surface area contributed by atoms with E-state index in [4.69, 9.17) is 19.6 Å². The number of rotatable bonds is 16. The third-order valence-corrected chi connectivity index (χ3v) is 7.87. The van der Waals surface area contributed by atoms with Crippen molar-refractivity contribution in [1.29, 1.82) is 0 Å². The number of aromatic nitrogens is 2. The van der Waals surface area contributed by atoms with Crippen LogP contribution in [0.5, 0.6) is 5.75 Å². The Hall–Kier alpha value is -2.76. The number of benzene rings is 1. The van der Waals surface area contributed by atoms with Gasteiger partial charge in [-0.25, -0.2) is 9.37 Å². The Morgan fingerprint density at radius 1 is 1.15 bits per heavy atom. The van der Waals surface area contributed by atoms with Crippen LogP contribution in [0, 0.1) is 12.7 Å². The Bertz CT molecular complexity index is 1200. The maximum atomic E-state index is 13.5. The van der Waals surface area contributed by atoms with Gasteiger partial charge in [0.1, 0.15) is 24.0 Å². The summed E-state index contributed by atoms with van der Waals surface area (Å²) in [5, 5.41) is 13.9. The Morgan fingerprint density at radius 3 is 2.88 bits per heavy atom. The fraction of sp³-hybridized carbons (Fsp3) is 0.467. The van der Waals surface area contributed by atoms with Gasteiger partial charge in [0.15, 0.2) is 6.29 Å². The molecular weight excluding hydrogens is 529 g/mol. The van der Waals surface area contributed by atoms with Crippen molar-refractivity contribution in [3.05, 3.63) is 77.5 Å². The number of unbranched alkanes of at least 4 members (excludes halogenated alkanes) is 1. The van der Waals surface area contributed by atoms with E-state index < -0.39 is 18.1 Å². The first-order valence-electron chi connectivity index (χ1n) is 14.0. The van der Waals surface area contributed by atoms with Crippen LogP contribution in [0.3, 0.4) is 0 Å². The van der Waals surface area contributed by atoms with E-state index in [2.05, 4.69) is 27.3 Å². The zero-order valence-corrected chi connectivity index (χ0v) is 23.9. The number of nitrogens with one attached hydrogen (secondary N) is 1. The lowest BCUT2D eigenvalue weighted by Gasteiger charge is -2.25. The number of aryl methyl sites for hydroxylation is 3. The number of pyridine rings is 2. The van der Waals surface area contributed by atoms with Gasteiger partial charge in [0.05, 0.1) is 18.4 Å². The predicted molar refractivity (Wildman–Crippen MR) is 157 cm³/mol. The number of nitrogens with two attached hydrogens (primary N) is 1. The van der Waals surface area contributed by atoms with E-state index in [1.165, 1.54) is 17.8 Å². The second-order valence-corrected chi connectivity index (χ2v) is 10.9. The third-order valence-electron chi connectivity index (χ3n) is 6.94. The highest BCUT2D eigenvalue weighted by molar-refractivity contribution is 7.94. The first kappa shape index (κ1) is 30.2. The summed E-state index contributed by atoms with van der Waals surface area (Å²) in [5.74, 6) is 1.01. The van der Waals surface area contributed by atoms with Gasteiger partial charge in [0.2, 0.25) is 0 Å². The minimum Gasteiger partial charge on any atom is -0.491 e. The normalized spacial score (nSPS) is 14.4. The summed E-state index contributed by atoms with van der Waals surface area (Å²) in [5.41, 5.74) is 9.77. The van der Waals surface area contributed by atoms with Gasteiger partial charge in [0, 0.05) is 41.8 Å². The van der Waals surface area contributed by atoms with E-state index in [9.17, 15) is 9.50 Å². The number of nitrogens with zero attached hydrogens (tertiary/aromatic N) is 3. The molecule has 216 valence electrons. The lowest BCUT2D eigenvalue weighted by atomic mass is 10.1. The predicted octanol–water partition coefficient (Wildman–Crippen LogP) is 4.75. The minimum atomic E-state index is -1.09. The second-order valence-electron chi connectivity index (χ2n) is 10.1. The van der Waals surface area contributed by atoms with Gasteiger partial charge in [0.25, 0.3) is 0 Å². The van der Waals surface area contributed by atoms with Gasteiger partial charge in [-0.05, 0) is 81.8 Å². The lowest BCUT2D eigenvalue weighted by molar-refractivity contribution is -0.0254. The molecule has 1 unspecified atom stereocenters. The third kappa shape index (κ3) is 9.71. The quantitative estimate of drug-likeness (QED) is 0.128. The highest BCUT2D eigenvalue weighted by atomic mass is 32.2. The number of hydrogen-bond acceptors (Lipinski definition) is 9. The average Bonchev–Trinajstić information content (AvgIpc) is 2.97. The average molecular weight is 570 g/mol. The van der Waals surface area contributed by atoms with Crippen LogP contribution in [-0.4, -0.2) is 65.1 Å². The standard InChI is InChI=1S/C30H40FN5O3S/c1-22-7-2-3-10-28(22)40-39-30(37)27(32)13-16-36(17-18-38-26-19-24(31)20-33-21-26)15-5-4-9-25-12-11-23-8-6-14-34-29(23)35-25/h2-3,7,10-12,19-21,27,30,37H,4-6,8-9,13-18,32H2,1H3,(H,34,35)/t27-,30?/m0/s1. The van der Waals surface area contributed by atoms with Gasteiger partial charge in [-0.3, -0.25) is 14.1 Å². The van der Waals surface area contributed by atoms with E-state index in [-0.39, 0.29) is 0 Å². The number of fused-ring (bicyclic) bond motifs is 1. The molecule has 3 heterocycles. The van der Waals surface area contributed by atoms with Gasteiger partial charge in [-0.15, -0.1) is 0 Å². The van der Waals surface area contributed by atoms with E-state index in [1.54, 1.807) is 0 Å². The minimum absolute atomic E-state index is 0.389. The molecule has 0 aliphatic carbocycles. The van der Waals surface area contributed by atoms with Crippen LogP contribution in [0.1, 0.15) is 42.5 Å². The summed E-state index contributed by atoms with van der Waals surface area (Å²) in [7, 11) is 0. The fourth-order valence-electron chi connectivity index (χ4n) is 4.55. The number of aliphatic hydroxyl groups excluding tert-OH is 1. The molecule has 4 N–H and O–H groups in total. The number of aliphatic hydroxyl groups is 1. The molecule has 2 atom stereocenters. The molecule has 2 aromatic heterocycles. The molecule has 0 spiro atoms. The molecule has 1 aliphatic heterocycles.